The molecular formula is C11H13N3O3S. The van der Waals surface area contributed by atoms with Crippen LogP contribution in [0.15, 0.2) is 10.2 Å². The van der Waals surface area contributed by atoms with E-state index in [2.05, 4.69) is 10.3 Å². The lowest BCUT2D eigenvalue weighted by Crippen LogP contribution is -2.35. The molecule has 2 aromatic heterocycles. The number of carbonyl (C=O) groups is 1. The number of aryl methyl sites for hydroxylation is 1. The number of rotatable bonds is 2. The van der Waals surface area contributed by atoms with Gasteiger partial charge in [0.15, 0.2) is 10.5 Å². The van der Waals surface area contributed by atoms with Crippen molar-refractivity contribution < 1.29 is 9.90 Å². The zero-order chi connectivity index (χ0) is 13.4. The van der Waals surface area contributed by atoms with Crippen molar-refractivity contribution in [3.05, 3.63) is 27.0 Å². The largest absolute Gasteiger partial charge is 0.492 e. The number of fused-ring (bicyclic) bond motifs is 1. The summed E-state index contributed by atoms with van der Waals surface area (Å²) in [4.78, 5) is 28.2. The van der Waals surface area contributed by atoms with E-state index in [9.17, 15) is 14.7 Å². The zero-order valence-corrected chi connectivity index (χ0v) is 11.0. The maximum atomic E-state index is 12.2. The van der Waals surface area contributed by atoms with Crippen LogP contribution >= 0.6 is 11.3 Å². The number of nitrogens with zero attached hydrogens (tertiary/aromatic N) is 2. The summed E-state index contributed by atoms with van der Waals surface area (Å²) in [5, 5.41) is 14.0. The smallest absolute Gasteiger partial charge is 0.275 e. The highest BCUT2D eigenvalue weighted by Crippen LogP contribution is 2.17. The van der Waals surface area contributed by atoms with Crippen molar-refractivity contribution in [3.8, 4) is 5.88 Å². The molecule has 1 amide bonds. The molecule has 0 aromatic carbocycles. The van der Waals surface area contributed by atoms with Gasteiger partial charge in [0.1, 0.15) is 0 Å². The molecule has 0 aliphatic carbocycles. The quantitative estimate of drug-likeness (QED) is 0.847. The van der Waals surface area contributed by atoms with Gasteiger partial charge in [0.2, 0.25) is 5.88 Å². The van der Waals surface area contributed by atoms with E-state index >= 15 is 0 Å². The number of aromatic hydroxyl groups is 1. The lowest BCUT2D eigenvalue weighted by atomic mass is 10.2. The van der Waals surface area contributed by atoms with Gasteiger partial charge in [-0.1, -0.05) is 0 Å². The maximum Gasteiger partial charge on any atom is 0.275 e. The van der Waals surface area contributed by atoms with Crippen LogP contribution in [0, 0.1) is 6.92 Å². The summed E-state index contributed by atoms with van der Waals surface area (Å²) < 4.78 is 1.32. The summed E-state index contributed by atoms with van der Waals surface area (Å²) in [5.41, 5.74) is -0.178. The molecule has 0 fully saturated rings. The minimum absolute atomic E-state index is 0.124. The highest BCUT2D eigenvalue weighted by molar-refractivity contribution is 7.15. The molecule has 0 aliphatic heterocycles. The fourth-order valence-corrected chi connectivity index (χ4v) is 2.46. The van der Waals surface area contributed by atoms with Crippen LogP contribution in [0.25, 0.3) is 4.96 Å². The summed E-state index contributed by atoms with van der Waals surface area (Å²) in [7, 11) is 0. The van der Waals surface area contributed by atoms with Crippen LogP contribution in [-0.4, -0.2) is 26.4 Å². The Kier molecular flexibility index (Phi) is 3.08. The van der Waals surface area contributed by atoms with Gasteiger partial charge in [0.05, 0.1) is 0 Å². The van der Waals surface area contributed by atoms with Gasteiger partial charge in [-0.15, -0.1) is 11.3 Å². The van der Waals surface area contributed by atoms with Gasteiger partial charge in [-0.05, 0) is 20.8 Å². The van der Waals surface area contributed by atoms with Crippen molar-refractivity contribution in [1.29, 1.82) is 0 Å². The highest BCUT2D eigenvalue weighted by atomic mass is 32.1. The molecule has 0 saturated carbocycles. The van der Waals surface area contributed by atoms with E-state index in [4.69, 9.17) is 0 Å². The van der Waals surface area contributed by atoms with E-state index in [-0.39, 0.29) is 11.6 Å². The summed E-state index contributed by atoms with van der Waals surface area (Å²) >= 11 is 1.24. The molecule has 7 heteroatoms. The van der Waals surface area contributed by atoms with Gasteiger partial charge in [-0.25, -0.2) is 0 Å². The zero-order valence-electron chi connectivity index (χ0n) is 10.2. The predicted octanol–water partition coefficient (Wildman–Crippen LogP) is 0.908. The number of carbonyl (C=O) groups excluding carboxylic acids is 1. The van der Waals surface area contributed by atoms with Gasteiger partial charge in [-0.3, -0.25) is 14.0 Å². The lowest BCUT2D eigenvalue weighted by molar-refractivity contribution is 0.0938. The molecule has 0 saturated heterocycles. The molecule has 96 valence electrons. The van der Waals surface area contributed by atoms with Crippen molar-refractivity contribution in [2.24, 2.45) is 0 Å². The lowest BCUT2D eigenvalue weighted by Gasteiger charge is -2.08. The first-order valence-corrected chi connectivity index (χ1v) is 6.30. The molecule has 0 bridgehead atoms. The summed E-state index contributed by atoms with van der Waals surface area (Å²) in [6.45, 7) is 5.29. The van der Waals surface area contributed by atoms with E-state index < -0.39 is 17.3 Å². The Balaban J connectivity index is 2.67. The fraction of sp³-hybridized carbons (Fsp3) is 0.364. The molecule has 0 unspecified atom stereocenters. The third-order valence-corrected chi connectivity index (χ3v) is 3.31. The monoisotopic (exact) mass is 267 g/mol. The number of amides is 1. The Morgan fingerprint density at radius 2 is 2.22 bits per heavy atom. The number of aromatic nitrogens is 2. The second kappa shape index (κ2) is 4.41. The Hall–Kier alpha value is -1.89. The Morgan fingerprint density at radius 3 is 2.83 bits per heavy atom. The summed E-state index contributed by atoms with van der Waals surface area (Å²) in [6.07, 6.45) is 0. The van der Waals surface area contributed by atoms with Crippen LogP contribution in [0.2, 0.25) is 0 Å². The van der Waals surface area contributed by atoms with Crippen LogP contribution in [0.5, 0.6) is 5.88 Å². The first kappa shape index (κ1) is 12.6. The van der Waals surface area contributed by atoms with Crippen LogP contribution < -0.4 is 10.9 Å². The van der Waals surface area contributed by atoms with Crippen LogP contribution in [0.4, 0.5) is 0 Å². The minimum atomic E-state index is -0.611. The van der Waals surface area contributed by atoms with Gasteiger partial charge in [-0.2, -0.15) is 4.98 Å². The van der Waals surface area contributed by atoms with Gasteiger partial charge >= 0.3 is 0 Å². The van der Waals surface area contributed by atoms with Gasteiger partial charge in [0.25, 0.3) is 11.5 Å². The molecule has 2 N–H and O–H groups in total. The average molecular weight is 267 g/mol. The average Bonchev–Trinajstić information content (AvgIpc) is 2.58. The van der Waals surface area contributed by atoms with E-state index in [1.54, 1.807) is 26.2 Å². The second-order valence-electron chi connectivity index (χ2n) is 4.24. The first-order chi connectivity index (χ1) is 8.41. The first-order valence-electron chi connectivity index (χ1n) is 5.42. The molecule has 0 aliphatic rings. The fourth-order valence-electron chi connectivity index (χ4n) is 1.60. The van der Waals surface area contributed by atoms with Crippen LogP contribution in [-0.2, 0) is 0 Å². The Bertz CT molecular complexity index is 672. The summed E-state index contributed by atoms with van der Waals surface area (Å²) in [6, 6.07) is -0.124. The van der Waals surface area contributed by atoms with Crippen molar-refractivity contribution in [2.45, 2.75) is 26.8 Å². The van der Waals surface area contributed by atoms with E-state index in [1.807, 2.05) is 0 Å². The molecule has 18 heavy (non-hydrogen) atoms. The van der Waals surface area contributed by atoms with Crippen LogP contribution in [0.3, 0.4) is 0 Å². The number of nitrogens with one attached hydrogen (secondary N) is 1. The molecule has 2 aromatic rings. The van der Waals surface area contributed by atoms with E-state index in [1.165, 1.54) is 15.7 Å². The summed E-state index contributed by atoms with van der Waals surface area (Å²) in [5.74, 6) is -1.14. The SMILES string of the molecule is Cc1csc2nc(O)c(C(=O)NC(C)C)c(=O)n12. The second-order valence-corrected chi connectivity index (χ2v) is 5.08. The molecule has 6 nitrogen and oxygen atoms in total. The Labute approximate surface area is 107 Å². The molecule has 2 heterocycles. The minimum Gasteiger partial charge on any atom is -0.492 e. The van der Waals surface area contributed by atoms with Crippen LogP contribution in [0.1, 0.15) is 29.9 Å². The van der Waals surface area contributed by atoms with Gasteiger partial charge < -0.3 is 10.4 Å². The highest BCUT2D eigenvalue weighted by Gasteiger charge is 2.21. The molecule has 0 spiro atoms. The maximum absolute atomic E-state index is 12.2. The molecular weight excluding hydrogens is 254 g/mol. The van der Waals surface area contributed by atoms with E-state index in [0.717, 1.165) is 0 Å². The molecule has 0 radical (unpaired) electrons. The van der Waals surface area contributed by atoms with Gasteiger partial charge in [0, 0.05) is 17.1 Å². The molecule has 0 atom stereocenters. The molecule has 2 rings (SSSR count). The third kappa shape index (κ3) is 1.97. The number of thiazole rings is 1. The normalized spacial score (nSPS) is 11.1. The van der Waals surface area contributed by atoms with Crippen molar-refractivity contribution in [3.63, 3.8) is 0 Å². The Morgan fingerprint density at radius 1 is 1.56 bits per heavy atom. The number of hydrogen-bond donors (Lipinski definition) is 2. The topological polar surface area (TPSA) is 83.7 Å². The third-order valence-electron chi connectivity index (χ3n) is 2.37. The van der Waals surface area contributed by atoms with Crippen molar-refractivity contribution >= 4 is 22.2 Å². The van der Waals surface area contributed by atoms with Crippen molar-refractivity contribution in [1.82, 2.24) is 14.7 Å². The van der Waals surface area contributed by atoms with Crippen molar-refractivity contribution in [2.75, 3.05) is 0 Å². The number of hydrogen-bond acceptors (Lipinski definition) is 5. The standard InChI is InChI=1S/C11H13N3O3S/c1-5(2)12-8(15)7-9(16)13-11-14(10(7)17)6(3)4-18-11/h4-5,16H,1-3H3,(H,12,15). The van der Waals surface area contributed by atoms with E-state index in [0.29, 0.717) is 10.7 Å². The predicted molar refractivity (Wildman–Crippen MR) is 68.3 cm³/mol.